The van der Waals surface area contributed by atoms with Gasteiger partial charge in [0.2, 0.25) is 0 Å². The lowest BCUT2D eigenvalue weighted by Crippen LogP contribution is -2.07. The third-order valence-corrected chi connectivity index (χ3v) is 2.87. The van der Waals surface area contributed by atoms with Crippen LogP contribution in [-0.2, 0) is 19.4 Å². The van der Waals surface area contributed by atoms with Gasteiger partial charge in [-0.25, -0.2) is 0 Å². The van der Waals surface area contributed by atoms with Crippen LogP contribution in [0, 0.1) is 5.92 Å². The van der Waals surface area contributed by atoms with Crippen LogP contribution in [0.15, 0.2) is 0 Å². The highest BCUT2D eigenvalue weighted by molar-refractivity contribution is 6.30. The van der Waals surface area contributed by atoms with Crippen molar-refractivity contribution in [3.05, 3.63) is 16.4 Å². The average molecular weight is 199 g/mol. The van der Waals surface area contributed by atoms with Crippen molar-refractivity contribution >= 4 is 11.6 Å². The topological polar surface area (TPSA) is 17.8 Å². The van der Waals surface area contributed by atoms with Crippen LogP contribution < -0.4 is 0 Å². The van der Waals surface area contributed by atoms with Crippen molar-refractivity contribution in [3.8, 4) is 0 Å². The van der Waals surface area contributed by atoms with Gasteiger partial charge in [0, 0.05) is 12.1 Å². The highest BCUT2D eigenvalue weighted by atomic mass is 35.5. The molecule has 0 atom stereocenters. The number of hydrogen-bond acceptors (Lipinski definition) is 1. The zero-order valence-electron chi connectivity index (χ0n) is 8.18. The summed E-state index contributed by atoms with van der Waals surface area (Å²) in [7, 11) is 0. The lowest BCUT2D eigenvalue weighted by Gasteiger charge is -2.06. The number of nitrogens with zero attached hydrogens (tertiary/aromatic N) is 2. The minimum absolute atomic E-state index is 0.609. The number of halogens is 1. The number of hydrogen-bond donors (Lipinski definition) is 0. The van der Waals surface area contributed by atoms with Gasteiger partial charge in [0.1, 0.15) is 5.15 Å². The van der Waals surface area contributed by atoms with Gasteiger partial charge in [-0.2, -0.15) is 5.10 Å². The van der Waals surface area contributed by atoms with E-state index in [-0.39, 0.29) is 0 Å². The molecule has 0 spiro atoms. The molecule has 0 fully saturated rings. The van der Waals surface area contributed by atoms with Gasteiger partial charge >= 0.3 is 0 Å². The maximum absolute atomic E-state index is 6.21. The summed E-state index contributed by atoms with van der Waals surface area (Å²) in [5, 5.41) is 5.39. The van der Waals surface area contributed by atoms with Crippen molar-refractivity contribution in [1.82, 2.24) is 9.78 Å². The van der Waals surface area contributed by atoms with E-state index in [0.29, 0.717) is 5.92 Å². The Bertz CT molecular complexity index is 315. The Kier molecular flexibility index (Phi) is 2.33. The molecule has 0 unspecified atom stereocenters. The molecule has 3 heteroatoms. The monoisotopic (exact) mass is 198 g/mol. The Morgan fingerprint density at radius 2 is 2.23 bits per heavy atom. The molecule has 1 aromatic heterocycles. The number of rotatable bonds is 2. The molecule has 72 valence electrons. The quantitative estimate of drug-likeness (QED) is 0.715. The van der Waals surface area contributed by atoms with E-state index in [9.17, 15) is 0 Å². The summed E-state index contributed by atoms with van der Waals surface area (Å²) in [6.45, 7) is 5.30. The second-order valence-corrected chi connectivity index (χ2v) is 4.50. The van der Waals surface area contributed by atoms with E-state index in [1.165, 1.54) is 17.7 Å². The molecule has 0 aliphatic heterocycles. The minimum atomic E-state index is 0.609. The Hall–Kier alpha value is -0.500. The first-order valence-corrected chi connectivity index (χ1v) is 5.30. The summed E-state index contributed by atoms with van der Waals surface area (Å²) in [5.41, 5.74) is 2.52. The summed E-state index contributed by atoms with van der Waals surface area (Å²) < 4.78 is 1.95. The molecular weight excluding hydrogens is 184 g/mol. The maximum atomic E-state index is 6.21. The fraction of sp³-hybridized carbons (Fsp3) is 0.700. The zero-order chi connectivity index (χ0) is 9.42. The Balaban J connectivity index is 2.28. The minimum Gasteiger partial charge on any atom is -0.253 e. The van der Waals surface area contributed by atoms with E-state index < -0.39 is 0 Å². The lowest BCUT2D eigenvalue weighted by atomic mass is 10.2. The molecule has 0 saturated carbocycles. The normalized spacial score (nSPS) is 15.4. The van der Waals surface area contributed by atoms with E-state index in [2.05, 4.69) is 18.9 Å². The first kappa shape index (κ1) is 9.07. The van der Waals surface area contributed by atoms with Crippen molar-refractivity contribution < 1.29 is 0 Å². The Morgan fingerprint density at radius 1 is 1.46 bits per heavy atom. The molecule has 0 radical (unpaired) electrons. The second kappa shape index (κ2) is 3.33. The molecule has 0 saturated heterocycles. The van der Waals surface area contributed by atoms with Crippen LogP contribution in [0.2, 0.25) is 5.15 Å². The first-order valence-electron chi connectivity index (χ1n) is 4.92. The molecule has 0 amide bonds. The standard InChI is InChI=1S/C10H15ClN2/c1-7(2)6-13-10(11)8-4-3-5-9(8)12-13/h7H,3-6H2,1-2H3. The van der Waals surface area contributed by atoms with Crippen molar-refractivity contribution in [2.75, 3.05) is 0 Å². The molecule has 1 heterocycles. The van der Waals surface area contributed by atoms with E-state index in [1.54, 1.807) is 0 Å². The fourth-order valence-electron chi connectivity index (χ4n) is 1.87. The fourth-order valence-corrected chi connectivity index (χ4v) is 2.18. The van der Waals surface area contributed by atoms with Gasteiger partial charge < -0.3 is 0 Å². The third kappa shape index (κ3) is 1.60. The van der Waals surface area contributed by atoms with Gasteiger partial charge in [-0.3, -0.25) is 4.68 Å². The summed E-state index contributed by atoms with van der Waals surface area (Å²) in [6, 6.07) is 0. The summed E-state index contributed by atoms with van der Waals surface area (Å²) in [5.74, 6) is 0.609. The van der Waals surface area contributed by atoms with Crippen molar-refractivity contribution in [2.24, 2.45) is 5.92 Å². The average Bonchev–Trinajstić information content (AvgIpc) is 2.56. The Labute approximate surface area is 83.9 Å². The van der Waals surface area contributed by atoms with Crippen LogP contribution >= 0.6 is 11.6 Å². The van der Waals surface area contributed by atoms with Crippen LogP contribution in [0.5, 0.6) is 0 Å². The zero-order valence-corrected chi connectivity index (χ0v) is 8.93. The van der Waals surface area contributed by atoms with Crippen LogP contribution in [0.1, 0.15) is 31.5 Å². The van der Waals surface area contributed by atoms with E-state index in [0.717, 1.165) is 24.5 Å². The molecule has 1 aliphatic carbocycles. The van der Waals surface area contributed by atoms with Crippen molar-refractivity contribution in [2.45, 2.75) is 39.7 Å². The SMILES string of the molecule is CC(C)Cn1nc2c(c1Cl)CCC2. The van der Waals surface area contributed by atoms with Gasteiger partial charge in [0.15, 0.2) is 0 Å². The molecule has 1 aliphatic rings. The smallest absolute Gasteiger partial charge is 0.130 e. The molecule has 1 aromatic rings. The predicted molar refractivity (Wildman–Crippen MR) is 54.1 cm³/mol. The summed E-state index contributed by atoms with van der Waals surface area (Å²) >= 11 is 6.21. The molecule has 0 aromatic carbocycles. The lowest BCUT2D eigenvalue weighted by molar-refractivity contribution is 0.479. The van der Waals surface area contributed by atoms with Crippen LogP contribution in [-0.4, -0.2) is 9.78 Å². The highest BCUT2D eigenvalue weighted by Crippen LogP contribution is 2.28. The van der Waals surface area contributed by atoms with Gasteiger partial charge in [-0.1, -0.05) is 25.4 Å². The number of aryl methyl sites for hydroxylation is 1. The number of aromatic nitrogens is 2. The first-order chi connectivity index (χ1) is 6.18. The third-order valence-electron chi connectivity index (χ3n) is 2.44. The van der Waals surface area contributed by atoms with Crippen LogP contribution in [0.4, 0.5) is 0 Å². The molecule has 13 heavy (non-hydrogen) atoms. The van der Waals surface area contributed by atoms with E-state index in [4.69, 9.17) is 11.6 Å². The van der Waals surface area contributed by atoms with E-state index in [1.807, 2.05) is 4.68 Å². The molecule has 2 nitrogen and oxygen atoms in total. The largest absolute Gasteiger partial charge is 0.253 e. The van der Waals surface area contributed by atoms with Crippen LogP contribution in [0.3, 0.4) is 0 Å². The highest BCUT2D eigenvalue weighted by Gasteiger charge is 2.20. The summed E-state index contributed by atoms with van der Waals surface area (Å²) in [4.78, 5) is 0. The van der Waals surface area contributed by atoms with Gasteiger partial charge in [-0.15, -0.1) is 0 Å². The maximum Gasteiger partial charge on any atom is 0.130 e. The van der Waals surface area contributed by atoms with E-state index >= 15 is 0 Å². The molecule has 2 rings (SSSR count). The summed E-state index contributed by atoms with van der Waals surface area (Å²) in [6.07, 6.45) is 3.45. The van der Waals surface area contributed by atoms with Gasteiger partial charge in [-0.05, 0) is 25.2 Å². The van der Waals surface area contributed by atoms with Gasteiger partial charge in [0.05, 0.1) is 5.69 Å². The predicted octanol–water partition coefficient (Wildman–Crippen LogP) is 2.68. The van der Waals surface area contributed by atoms with Crippen molar-refractivity contribution in [3.63, 3.8) is 0 Å². The second-order valence-electron chi connectivity index (χ2n) is 4.15. The Morgan fingerprint density at radius 3 is 2.85 bits per heavy atom. The number of fused-ring (bicyclic) bond motifs is 1. The van der Waals surface area contributed by atoms with Crippen molar-refractivity contribution in [1.29, 1.82) is 0 Å². The van der Waals surface area contributed by atoms with Gasteiger partial charge in [0.25, 0.3) is 0 Å². The molecule has 0 N–H and O–H groups in total. The molecule has 0 bridgehead atoms. The molecular formula is C10H15ClN2. The van der Waals surface area contributed by atoms with Crippen LogP contribution in [0.25, 0.3) is 0 Å².